The summed E-state index contributed by atoms with van der Waals surface area (Å²) in [7, 11) is 0. The number of nitrogens with zero attached hydrogens (tertiary/aromatic N) is 1. The summed E-state index contributed by atoms with van der Waals surface area (Å²) in [5.74, 6) is -1.67. The zero-order chi connectivity index (χ0) is 26.4. The van der Waals surface area contributed by atoms with Gasteiger partial charge in [0.05, 0.1) is 23.1 Å². The van der Waals surface area contributed by atoms with E-state index in [0.717, 1.165) is 12.8 Å². The summed E-state index contributed by atoms with van der Waals surface area (Å²) in [5, 5.41) is 3.08. The Bertz CT molecular complexity index is 1440. The molecule has 3 amide bonds. The molecule has 1 aliphatic heterocycles. The normalized spacial score (nSPS) is 25.4. The summed E-state index contributed by atoms with van der Waals surface area (Å²) in [6, 6.07) is 23.1. The van der Waals surface area contributed by atoms with Crippen LogP contribution in [-0.4, -0.2) is 30.3 Å². The fourth-order valence-corrected chi connectivity index (χ4v) is 6.74. The molecule has 192 valence electrons. The fourth-order valence-electron chi connectivity index (χ4n) is 6.55. The molecule has 3 fully saturated rings. The first-order valence-electron chi connectivity index (χ1n) is 12.7. The number of rotatable bonds is 6. The monoisotopic (exact) mass is 528 g/mol. The van der Waals surface area contributed by atoms with Gasteiger partial charge in [0, 0.05) is 10.7 Å². The van der Waals surface area contributed by atoms with E-state index in [2.05, 4.69) is 17.4 Å². The Labute approximate surface area is 224 Å². The number of hydrogen-bond acceptors (Lipinski definition) is 5. The highest BCUT2D eigenvalue weighted by molar-refractivity contribution is 6.30. The highest BCUT2D eigenvalue weighted by Crippen LogP contribution is 2.61. The average Bonchev–Trinajstić information content (AvgIpc) is 3.59. The molecule has 7 nitrogen and oxygen atoms in total. The largest absolute Gasteiger partial charge is 0.452 e. The Morgan fingerprint density at radius 1 is 0.895 bits per heavy atom. The van der Waals surface area contributed by atoms with Gasteiger partial charge in [-0.2, -0.15) is 0 Å². The van der Waals surface area contributed by atoms with Gasteiger partial charge in [0.2, 0.25) is 11.8 Å². The van der Waals surface area contributed by atoms with Crippen molar-refractivity contribution in [3.05, 3.63) is 95.0 Å². The molecule has 38 heavy (non-hydrogen) atoms. The van der Waals surface area contributed by atoms with Gasteiger partial charge in [0.25, 0.3) is 5.91 Å². The van der Waals surface area contributed by atoms with Gasteiger partial charge in [0.1, 0.15) is 0 Å². The van der Waals surface area contributed by atoms with Gasteiger partial charge in [-0.05, 0) is 72.6 Å². The van der Waals surface area contributed by atoms with Gasteiger partial charge in [-0.1, -0.05) is 54.1 Å². The minimum Gasteiger partial charge on any atom is -0.452 e. The van der Waals surface area contributed by atoms with Crippen LogP contribution in [0.25, 0.3) is 0 Å². The molecule has 0 unspecified atom stereocenters. The third kappa shape index (κ3) is 4.27. The number of anilines is 2. The number of carbonyl (C=O) groups is 4. The van der Waals surface area contributed by atoms with E-state index in [9.17, 15) is 19.2 Å². The molecule has 6 rings (SSSR count). The molecule has 2 saturated carbocycles. The van der Waals surface area contributed by atoms with Gasteiger partial charge >= 0.3 is 5.97 Å². The lowest BCUT2D eigenvalue weighted by atomic mass is 9.73. The zero-order valence-corrected chi connectivity index (χ0v) is 21.1. The van der Waals surface area contributed by atoms with Crippen LogP contribution >= 0.6 is 11.6 Å². The summed E-state index contributed by atoms with van der Waals surface area (Å²) in [6.07, 6.45) is 1.80. The summed E-state index contributed by atoms with van der Waals surface area (Å²) >= 11 is 5.92. The summed E-state index contributed by atoms with van der Waals surface area (Å²) in [6.45, 7) is -0.495. The molecule has 2 bridgehead atoms. The molecule has 1 heterocycles. The number of hydrogen-bond donors (Lipinski definition) is 1. The van der Waals surface area contributed by atoms with E-state index < -0.39 is 18.5 Å². The molecule has 0 radical (unpaired) electrons. The van der Waals surface area contributed by atoms with Crippen molar-refractivity contribution in [3.63, 3.8) is 0 Å². The molecular weight excluding hydrogens is 504 g/mol. The van der Waals surface area contributed by atoms with Gasteiger partial charge in [0.15, 0.2) is 6.61 Å². The van der Waals surface area contributed by atoms with Crippen LogP contribution in [0.5, 0.6) is 0 Å². The van der Waals surface area contributed by atoms with E-state index in [4.69, 9.17) is 16.3 Å². The van der Waals surface area contributed by atoms with E-state index in [1.165, 1.54) is 22.6 Å². The third-order valence-electron chi connectivity index (χ3n) is 8.03. The van der Waals surface area contributed by atoms with E-state index in [-0.39, 0.29) is 47.0 Å². The molecule has 3 aromatic carbocycles. The van der Waals surface area contributed by atoms with Crippen molar-refractivity contribution < 1.29 is 23.9 Å². The van der Waals surface area contributed by atoms with Crippen LogP contribution in [0.3, 0.4) is 0 Å². The molecule has 1 N–H and O–H groups in total. The molecule has 0 aromatic heterocycles. The smallest absolute Gasteiger partial charge is 0.338 e. The minimum atomic E-state index is -0.725. The zero-order valence-electron chi connectivity index (χ0n) is 20.4. The first-order chi connectivity index (χ1) is 18.4. The minimum absolute atomic E-state index is 0.139. The molecule has 5 atom stereocenters. The second kappa shape index (κ2) is 9.72. The van der Waals surface area contributed by atoms with Gasteiger partial charge in [-0.3, -0.25) is 19.3 Å². The Balaban J connectivity index is 1.14. The number of imide groups is 1. The van der Waals surface area contributed by atoms with Gasteiger partial charge in [-0.15, -0.1) is 0 Å². The van der Waals surface area contributed by atoms with Gasteiger partial charge < -0.3 is 10.1 Å². The molecule has 1 saturated heterocycles. The maximum atomic E-state index is 13.6. The summed E-state index contributed by atoms with van der Waals surface area (Å²) in [4.78, 5) is 53.2. The number of benzene rings is 3. The van der Waals surface area contributed by atoms with Crippen LogP contribution in [0, 0.1) is 23.7 Å². The van der Waals surface area contributed by atoms with Crippen molar-refractivity contribution in [1.82, 2.24) is 0 Å². The van der Waals surface area contributed by atoms with Crippen molar-refractivity contribution in [3.8, 4) is 0 Å². The van der Waals surface area contributed by atoms with Crippen molar-refractivity contribution in [2.45, 2.75) is 18.8 Å². The van der Waals surface area contributed by atoms with Crippen molar-refractivity contribution in [2.24, 2.45) is 23.7 Å². The van der Waals surface area contributed by atoms with E-state index in [1.807, 2.05) is 18.2 Å². The van der Waals surface area contributed by atoms with Crippen LogP contribution in [0.15, 0.2) is 78.9 Å². The highest BCUT2D eigenvalue weighted by Gasteiger charge is 2.64. The maximum absolute atomic E-state index is 13.6. The van der Waals surface area contributed by atoms with Crippen LogP contribution in [-0.2, 0) is 19.1 Å². The second-order valence-corrected chi connectivity index (χ2v) is 10.6. The predicted molar refractivity (Wildman–Crippen MR) is 142 cm³/mol. The number of carbonyl (C=O) groups excluding carboxylic acids is 4. The molecule has 3 aromatic rings. The number of fused-ring (bicyclic) bond motifs is 5. The van der Waals surface area contributed by atoms with Crippen molar-refractivity contribution >= 4 is 46.7 Å². The SMILES string of the molecule is O=C(COC(=O)c1cccc(N2C(=O)[C@@H]3[C@@H]4C[C@@H]([C@@H]3C2=O)[C@@H](c2ccccc2)C4)c1)Nc1cccc(Cl)c1. The van der Waals surface area contributed by atoms with E-state index in [1.54, 1.807) is 36.4 Å². The van der Waals surface area contributed by atoms with E-state index >= 15 is 0 Å². The quantitative estimate of drug-likeness (QED) is 0.356. The first kappa shape index (κ1) is 24.4. The molecule has 2 aliphatic carbocycles. The lowest BCUT2D eigenvalue weighted by Crippen LogP contribution is -2.33. The van der Waals surface area contributed by atoms with Crippen LogP contribution in [0.1, 0.15) is 34.7 Å². The number of halogens is 1. The van der Waals surface area contributed by atoms with Crippen LogP contribution < -0.4 is 10.2 Å². The number of esters is 1. The Hall–Kier alpha value is -3.97. The Kier molecular flexibility index (Phi) is 6.24. The molecule has 3 aliphatic rings. The van der Waals surface area contributed by atoms with Gasteiger partial charge in [-0.25, -0.2) is 4.79 Å². The summed E-state index contributed by atoms with van der Waals surface area (Å²) in [5.41, 5.74) is 2.21. The topological polar surface area (TPSA) is 92.8 Å². The molecule has 8 heteroatoms. The Morgan fingerprint density at radius 3 is 2.45 bits per heavy atom. The number of ether oxygens (including phenoxy) is 1. The molecular formula is C30H25ClN2O5. The Morgan fingerprint density at radius 2 is 1.66 bits per heavy atom. The van der Waals surface area contributed by atoms with E-state index in [0.29, 0.717) is 16.4 Å². The summed E-state index contributed by atoms with van der Waals surface area (Å²) < 4.78 is 5.17. The van der Waals surface area contributed by atoms with Crippen molar-refractivity contribution in [1.29, 1.82) is 0 Å². The average molecular weight is 529 g/mol. The lowest BCUT2D eigenvalue weighted by molar-refractivity contribution is -0.123. The molecule has 0 spiro atoms. The lowest BCUT2D eigenvalue weighted by Gasteiger charge is -2.28. The number of nitrogens with one attached hydrogen (secondary N) is 1. The third-order valence-corrected chi connectivity index (χ3v) is 8.26. The second-order valence-electron chi connectivity index (χ2n) is 10.2. The van der Waals surface area contributed by atoms with Crippen molar-refractivity contribution in [2.75, 3.05) is 16.8 Å². The standard InChI is InChI=1S/C30H25ClN2O5/c31-20-9-5-10-21(15-20)32-25(34)16-38-30(37)18-8-4-11-22(12-18)33-28(35)26-19-13-23(17-6-2-1-3-7-17)24(14-19)27(26)29(33)36/h1-12,15,19,23-24,26-27H,13-14,16H2,(H,32,34)/t19-,23+,24+,26+,27-/m0/s1. The number of amides is 3. The first-order valence-corrected chi connectivity index (χ1v) is 13.0. The van der Waals surface area contributed by atoms with Crippen LogP contribution in [0.4, 0.5) is 11.4 Å². The highest BCUT2D eigenvalue weighted by atomic mass is 35.5. The maximum Gasteiger partial charge on any atom is 0.338 e. The van der Waals surface area contributed by atoms with Crippen LogP contribution in [0.2, 0.25) is 5.02 Å². The predicted octanol–water partition coefficient (Wildman–Crippen LogP) is 5.06. The fraction of sp³-hybridized carbons (Fsp3) is 0.267.